The number of nitrogens with zero attached hydrogens (tertiary/aromatic N) is 1. The first-order valence-corrected chi connectivity index (χ1v) is 13.1. The molecule has 1 N–H and O–H groups in total. The Labute approximate surface area is 217 Å². The molecule has 186 valence electrons. The first-order chi connectivity index (χ1) is 17.4. The lowest BCUT2D eigenvalue weighted by Gasteiger charge is -2.31. The van der Waals surface area contributed by atoms with E-state index < -0.39 is 0 Å². The molecule has 0 spiro atoms. The molecule has 5 nitrogen and oxygen atoms in total. The number of hydrogen-bond acceptors (Lipinski definition) is 4. The van der Waals surface area contributed by atoms with Crippen molar-refractivity contribution in [3.63, 3.8) is 0 Å². The number of carbonyl (C=O) groups excluding carboxylic acids is 2. The fraction of sp³-hybridized carbons (Fsp3) is 0.267. The minimum atomic E-state index is -0.152. The van der Waals surface area contributed by atoms with Gasteiger partial charge in [0, 0.05) is 23.6 Å². The summed E-state index contributed by atoms with van der Waals surface area (Å²) in [6, 6.07) is 23.6. The van der Waals surface area contributed by atoms with E-state index in [0.29, 0.717) is 30.2 Å². The topological polar surface area (TPSA) is 58.6 Å². The molecule has 6 heteroatoms. The zero-order valence-electron chi connectivity index (χ0n) is 21.0. The van der Waals surface area contributed by atoms with E-state index in [-0.39, 0.29) is 17.9 Å². The molecule has 36 heavy (non-hydrogen) atoms. The summed E-state index contributed by atoms with van der Waals surface area (Å²) in [5.41, 5.74) is 4.45. The van der Waals surface area contributed by atoms with Gasteiger partial charge in [-0.2, -0.15) is 0 Å². The Morgan fingerprint density at radius 2 is 1.86 bits per heavy atom. The number of benzene rings is 3. The van der Waals surface area contributed by atoms with Crippen LogP contribution in [-0.4, -0.2) is 31.1 Å². The molecular weight excluding hydrogens is 468 g/mol. The van der Waals surface area contributed by atoms with Gasteiger partial charge in [-0.05, 0) is 62.6 Å². The molecule has 0 aromatic heterocycles. The van der Waals surface area contributed by atoms with Crippen LogP contribution in [0.15, 0.2) is 82.6 Å². The molecule has 0 fully saturated rings. The zero-order valence-corrected chi connectivity index (χ0v) is 21.8. The van der Waals surface area contributed by atoms with E-state index in [1.807, 2.05) is 93.6 Å². The second kappa shape index (κ2) is 12.1. The highest BCUT2D eigenvalue weighted by Crippen LogP contribution is 2.43. The van der Waals surface area contributed by atoms with E-state index in [2.05, 4.69) is 11.4 Å². The Morgan fingerprint density at radius 3 is 2.61 bits per heavy atom. The summed E-state index contributed by atoms with van der Waals surface area (Å²) in [5.74, 6) is -0.220. The molecule has 0 bridgehead atoms. The summed E-state index contributed by atoms with van der Waals surface area (Å²) in [6.45, 7) is 7.60. The number of hydrogen-bond donors (Lipinski definition) is 1. The Balaban J connectivity index is 1.60. The van der Waals surface area contributed by atoms with Crippen molar-refractivity contribution in [3.8, 4) is 0 Å². The number of ether oxygens (including phenoxy) is 1. The third-order valence-corrected chi connectivity index (χ3v) is 6.84. The van der Waals surface area contributed by atoms with Crippen molar-refractivity contribution in [3.05, 3.63) is 100.0 Å². The Morgan fingerprint density at radius 1 is 1.06 bits per heavy atom. The molecule has 4 rings (SSSR count). The van der Waals surface area contributed by atoms with Gasteiger partial charge in [0.05, 0.1) is 23.2 Å². The van der Waals surface area contributed by atoms with Crippen molar-refractivity contribution in [2.24, 2.45) is 0 Å². The summed E-state index contributed by atoms with van der Waals surface area (Å²) in [5, 5.41) is 2.96. The van der Waals surface area contributed by atoms with E-state index in [1.165, 1.54) is 11.8 Å². The molecule has 0 radical (unpaired) electrons. The molecular formula is C30H32N2O3S. The molecule has 0 saturated carbocycles. The van der Waals surface area contributed by atoms with Crippen molar-refractivity contribution in [2.75, 3.05) is 18.1 Å². The molecule has 3 aromatic carbocycles. The van der Waals surface area contributed by atoms with Gasteiger partial charge in [-0.3, -0.25) is 9.59 Å². The van der Waals surface area contributed by atoms with Crippen LogP contribution in [-0.2, 0) is 16.1 Å². The van der Waals surface area contributed by atoms with Crippen LogP contribution in [0.4, 0.5) is 5.69 Å². The quantitative estimate of drug-likeness (QED) is 0.280. The van der Waals surface area contributed by atoms with Crippen LogP contribution in [0.3, 0.4) is 0 Å². The van der Waals surface area contributed by atoms with E-state index in [9.17, 15) is 9.59 Å². The minimum Gasteiger partial charge on any atom is -0.379 e. The lowest BCUT2D eigenvalue weighted by atomic mass is 10.1. The molecule has 1 heterocycles. The average molecular weight is 501 g/mol. The van der Waals surface area contributed by atoms with Gasteiger partial charge in [-0.15, -0.1) is 0 Å². The maximum Gasteiger partial charge on any atom is 0.265 e. The van der Waals surface area contributed by atoms with Gasteiger partial charge in [-0.1, -0.05) is 71.9 Å². The predicted octanol–water partition coefficient (Wildman–Crippen LogP) is 6.22. The highest BCUT2D eigenvalue weighted by atomic mass is 32.2. The van der Waals surface area contributed by atoms with Gasteiger partial charge in [0.2, 0.25) is 0 Å². The number of carbonyl (C=O) groups is 2. The molecule has 0 aliphatic carbocycles. The van der Waals surface area contributed by atoms with Gasteiger partial charge in [0.15, 0.2) is 0 Å². The van der Waals surface area contributed by atoms with Crippen LogP contribution in [0, 0.1) is 6.92 Å². The van der Waals surface area contributed by atoms with E-state index >= 15 is 0 Å². The monoisotopic (exact) mass is 500 g/mol. The molecule has 0 unspecified atom stereocenters. The maximum atomic E-state index is 13.7. The lowest BCUT2D eigenvalue weighted by Crippen LogP contribution is -2.34. The third-order valence-electron chi connectivity index (χ3n) is 5.77. The Kier molecular flexibility index (Phi) is 8.62. The van der Waals surface area contributed by atoms with Gasteiger partial charge in [0.1, 0.15) is 0 Å². The second-order valence-electron chi connectivity index (χ2n) is 9.11. The van der Waals surface area contributed by atoms with Gasteiger partial charge in [-0.25, -0.2) is 0 Å². The minimum absolute atomic E-state index is 0.0683. The van der Waals surface area contributed by atoms with Crippen LogP contribution in [0.2, 0.25) is 0 Å². The predicted molar refractivity (Wildman–Crippen MR) is 147 cm³/mol. The molecule has 0 saturated heterocycles. The van der Waals surface area contributed by atoms with Crippen LogP contribution in [0.5, 0.6) is 0 Å². The van der Waals surface area contributed by atoms with Crippen LogP contribution in [0.1, 0.15) is 47.3 Å². The average Bonchev–Trinajstić information content (AvgIpc) is 2.86. The smallest absolute Gasteiger partial charge is 0.265 e. The van der Waals surface area contributed by atoms with Crippen molar-refractivity contribution < 1.29 is 14.3 Å². The summed E-state index contributed by atoms with van der Waals surface area (Å²) < 4.78 is 5.54. The first kappa shape index (κ1) is 25.7. The van der Waals surface area contributed by atoms with Gasteiger partial charge < -0.3 is 15.0 Å². The van der Waals surface area contributed by atoms with Crippen molar-refractivity contribution in [2.45, 2.75) is 44.7 Å². The second-order valence-corrected chi connectivity index (χ2v) is 10.2. The van der Waals surface area contributed by atoms with Gasteiger partial charge in [0.25, 0.3) is 11.8 Å². The van der Waals surface area contributed by atoms with E-state index in [0.717, 1.165) is 33.7 Å². The molecule has 2 amide bonds. The largest absolute Gasteiger partial charge is 0.379 e. The standard InChI is InChI=1S/C30H32N2O3S/c1-21(2)35-16-8-15-31-29(33)25-13-14-27-26(19-25)32(20-24-12-7-9-22(3)17-24)30(34)28(36-27)18-23-10-5-4-6-11-23/h4-7,9-14,17-19,21H,8,15-16,20H2,1-3H3,(H,31,33). The van der Waals surface area contributed by atoms with E-state index in [4.69, 9.17) is 4.74 Å². The Hall–Kier alpha value is -3.35. The number of nitrogens with one attached hydrogen (secondary N) is 1. The van der Waals surface area contributed by atoms with Crippen molar-refractivity contribution in [1.29, 1.82) is 0 Å². The highest BCUT2D eigenvalue weighted by molar-refractivity contribution is 8.04. The number of thioether (sulfide) groups is 1. The molecule has 1 aliphatic rings. The van der Waals surface area contributed by atoms with Crippen molar-refractivity contribution in [1.82, 2.24) is 5.32 Å². The fourth-order valence-corrected chi connectivity index (χ4v) is 5.04. The SMILES string of the molecule is Cc1cccc(CN2C(=O)C(=Cc3ccccc3)Sc3ccc(C(=O)NCCCOC(C)C)cc32)c1. The van der Waals surface area contributed by atoms with E-state index in [1.54, 1.807) is 4.90 Å². The first-order valence-electron chi connectivity index (χ1n) is 12.3. The Bertz CT molecular complexity index is 1250. The van der Waals surface area contributed by atoms with Crippen molar-refractivity contribution >= 4 is 35.3 Å². The molecule has 1 aliphatic heterocycles. The summed E-state index contributed by atoms with van der Waals surface area (Å²) in [4.78, 5) is 29.9. The number of aryl methyl sites for hydroxylation is 1. The van der Waals surface area contributed by atoms with Gasteiger partial charge >= 0.3 is 0 Å². The number of rotatable bonds is 9. The van der Waals surface area contributed by atoms with Crippen LogP contribution in [0.25, 0.3) is 6.08 Å². The van der Waals surface area contributed by atoms with Crippen LogP contribution >= 0.6 is 11.8 Å². The maximum absolute atomic E-state index is 13.7. The highest BCUT2D eigenvalue weighted by Gasteiger charge is 2.30. The number of amides is 2. The third kappa shape index (κ3) is 6.65. The molecule has 0 atom stereocenters. The fourth-order valence-electron chi connectivity index (χ4n) is 4.00. The normalized spacial score (nSPS) is 14.3. The summed E-state index contributed by atoms with van der Waals surface area (Å²) in [7, 11) is 0. The molecule has 3 aromatic rings. The van der Waals surface area contributed by atoms with Crippen LogP contribution < -0.4 is 10.2 Å². The zero-order chi connectivity index (χ0) is 25.5. The number of anilines is 1. The summed E-state index contributed by atoms with van der Waals surface area (Å²) in [6.07, 6.45) is 2.85. The lowest BCUT2D eigenvalue weighted by molar-refractivity contribution is -0.114. The number of fused-ring (bicyclic) bond motifs is 1. The summed E-state index contributed by atoms with van der Waals surface area (Å²) >= 11 is 1.45.